The molecule has 1 saturated heterocycles. The molecule has 0 bridgehead atoms. The number of morpholine rings is 1. The van der Waals surface area contributed by atoms with Crippen LogP contribution in [0.2, 0.25) is 0 Å². The maximum Gasteiger partial charge on any atom is 0.245 e. The Balaban J connectivity index is 2.09. The molecule has 1 fully saturated rings. The van der Waals surface area contributed by atoms with Gasteiger partial charge in [0.05, 0.1) is 20.3 Å². The largest absolute Gasteiger partial charge is 0.497 e. The molecule has 0 radical (unpaired) electrons. The zero-order valence-electron chi connectivity index (χ0n) is 10.3. The molecule has 0 aromatic heterocycles. The zero-order chi connectivity index (χ0) is 13.0. The van der Waals surface area contributed by atoms with Gasteiger partial charge in [-0.3, -0.25) is 4.79 Å². The first-order valence-corrected chi connectivity index (χ1v) is 6.30. The minimum atomic E-state index is -0.668. The molecule has 0 saturated carbocycles. The first-order valence-electron chi connectivity index (χ1n) is 5.87. The van der Waals surface area contributed by atoms with E-state index in [-0.39, 0.29) is 5.91 Å². The molecule has 1 aliphatic rings. The molecule has 4 nitrogen and oxygen atoms in total. The van der Waals surface area contributed by atoms with Crippen LogP contribution in [0.15, 0.2) is 24.3 Å². The fourth-order valence-corrected chi connectivity index (χ4v) is 2.16. The summed E-state index contributed by atoms with van der Waals surface area (Å²) < 4.78 is 10.3. The van der Waals surface area contributed by atoms with E-state index in [4.69, 9.17) is 21.1 Å². The lowest BCUT2D eigenvalue weighted by molar-refractivity contribution is -0.134. The summed E-state index contributed by atoms with van der Waals surface area (Å²) in [6.45, 7) is 2.36. The molecule has 0 spiro atoms. The van der Waals surface area contributed by atoms with Crippen molar-refractivity contribution < 1.29 is 14.3 Å². The van der Waals surface area contributed by atoms with Crippen molar-refractivity contribution in [1.29, 1.82) is 0 Å². The molecule has 2 rings (SSSR count). The van der Waals surface area contributed by atoms with Gasteiger partial charge in [-0.05, 0) is 17.7 Å². The highest BCUT2D eigenvalue weighted by Crippen LogP contribution is 2.26. The minimum absolute atomic E-state index is 0.0757. The molecular formula is C13H16ClNO3. The van der Waals surface area contributed by atoms with Crippen LogP contribution in [0.5, 0.6) is 5.75 Å². The maximum absolute atomic E-state index is 12.2. The molecule has 1 atom stereocenters. The Labute approximate surface area is 111 Å². The molecule has 98 valence electrons. The van der Waals surface area contributed by atoms with Gasteiger partial charge in [0.2, 0.25) is 5.91 Å². The van der Waals surface area contributed by atoms with Crippen LogP contribution in [0.25, 0.3) is 0 Å². The third kappa shape index (κ3) is 2.94. The summed E-state index contributed by atoms with van der Waals surface area (Å²) in [4.78, 5) is 13.9. The molecule has 5 heteroatoms. The summed E-state index contributed by atoms with van der Waals surface area (Å²) in [6.07, 6.45) is 0. The van der Waals surface area contributed by atoms with Crippen LogP contribution in [-0.2, 0) is 9.53 Å². The molecule has 0 aliphatic carbocycles. The number of ether oxygens (including phenoxy) is 2. The molecule has 1 amide bonds. The zero-order valence-corrected chi connectivity index (χ0v) is 11.0. The number of rotatable bonds is 3. The van der Waals surface area contributed by atoms with Gasteiger partial charge in [0.1, 0.15) is 11.1 Å². The van der Waals surface area contributed by atoms with Gasteiger partial charge in [0, 0.05) is 13.1 Å². The topological polar surface area (TPSA) is 38.8 Å². The second-order valence-electron chi connectivity index (χ2n) is 4.08. The van der Waals surface area contributed by atoms with E-state index in [1.165, 1.54) is 0 Å². The van der Waals surface area contributed by atoms with Crippen molar-refractivity contribution in [2.24, 2.45) is 0 Å². The Bertz CT molecular complexity index is 418. The Morgan fingerprint density at radius 2 is 2.17 bits per heavy atom. The van der Waals surface area contributed by atoms with E-state index in [9.17, 15) is 4.79 Å². The van der Waals surface area contributed by atoms with Crippen LogP contribution in [0.4, 0.5) is 0 Å². The molecule has 1 aliphatic heterocycles. The maximum atomic E-state index is 12.2. The molecule has 1 aromatic rings. The first kappa shape index (κ1) is 13.2. The number of nitrogens with zero attached hydrogens (tertiary/aromatic N) is 1. The average Bonchev–Trinajstić information content (AvgIpc) is 2.46. The van der Waals surface area contributed by atoms with Crippen LogP contribution in [0.1, 0.15) is 10.9 Å². The Hall–Kier alpha value is -1.26. The van der Waals surface area contributed by atoms with E-state index < -0.39 is 5.38 Å². The van der Waals surface area contributed by atoms with Gasteiger partial charge in [-0.25, -0.2) is 0 Å². The Morgan fingerprint density at radius 3 is 2.83 bits per heavy atom. The quantitative estimate of drug-likeness (QED) is 0.786. The van der Waals surface area contributed by atoms with Gasteiger partial charge in [-0.2, -0.15) is 0 Å². The second-order valence-corrected chi connectivity index (χ2v) is 4.51. The number of carbonyl (C=O) groups excluding carboxylic acids is 1. The normalized spacial score (nSPS) is 17.3. The van der Waals surface area contributed by atoms with Crippen molar-refractivity contribution in [1.82, 2.24) is 4.90 Å². The lowest BCUT2D eigenvalue weighted by Crippen LogP contribution is -2.42. The van der Waals surface area contributed by atoms with E-state index in [1.54, 1.807) is 18.1 Å². The highest BCUT2D eigenvalue weighted by atomic mass is 35.5. The number of halogens is 1. The van der Waals surface area contributed by atoms with Crippen molar-refractivity contribution in [3.05, 3.63) is 29.8 Å². The van der Waals surface area contributed by atoms with Gasteiger partial charge >= 0.3 is 0 Å². The highest BCUT2D eigenvalue weighted by Gasteiger charge is 2.25. The predicted octanol–water partition coefficient (Wildman–Crippen LogP) is 1.83. The minimum Gasteiger partial charge on any atom is -0.497 e. The molecule has 0 N–H and O–H groups in total. The molecule has 1 aromatic carbocycles. The third-order valence-electron chi connectivity index (χ3n) is 2.93. The number of benzene rings is 1. The summed E-state index contributed by atoms with van der Waals surface area (Å²) in [5, 5.41) is -0.668. The first-order chi connectivity index (χ1) is 8.72. The van der Waals surface area contributed by atoms with Crippen molar-refractivity contribution in [2.75, 3.05) is 33.4 Å². The molecule has 1 heterocycles. The monoisotopic (exact) mass is 269 g/mol. The fourth-order valence-electron chi connectivity index (χ4n) is 1.89. The van der Waals surface area contributed by atoms with Crippen molar-refractivity contribution in [3.63, 3.8) is 0 Å². The number of hydrogen-bond donors (Lipinski definition) is 0. The Morgan fingerprint density at radius 1 is 1.44 bits per heavy atom. The molecule has 18 heavy (non-hydrogen) atoms. The smallest absolute Gasteiger partial charge is 0.245 e. The van der Waals surface area contributed by atoms with Crippen LogP contribution < -0.4 is 4.74 Å². The highest BCUT2D eigenvalue weighted by molar-refractivity contribution is 6.30. The van der Waals surface area contributed by atoms with Crippen LogP contribution in [0.3, 0.4) is 0 Å². The predicted molar refractivity (Wildman–Crippen MR) is 69.0 cm³/mol. The summed E-state index contributed by atoms with van der Waals surface area (Å²) in [5.74, 6) is 0.626. The van der Waals surface area contributed by atoms with Crippen LogP contribution in [-0.4, -0.2) is 44.2 Å². The van der Waals surface area contributed by atoms with Crippen molar-refractivity contribution in [3.8, 4) is 5.75 Å². The van der Waals surface area contributed by atoms with Crippen LogP contribution >= 0.6 is 11.6 Å². The number of alkyl halides is 1. The lowest BCUT2D eigenvalue weighted by Gasteiger charge is -2.28. The van der Waals surface area contributed by atoms with Gasteiger partial charge < -0.3 is 14.4 Å². The van der Waals surface area contributed by atoms with E-state index in [1.807, 2.05) is 18.2 Å². The summed E-state index contributed by atoms with van der Waals surface area (Å²) in [5.41, 5.74) is 0.757. The lowest BCUT2D eigenvalue weighted by atomic mass is 10.1. The van der Waals surface area contributed by atoms with Crippen molar-refractivity contribution in [2.45, 2.75) is 5.38 Å². The van der Waals surface area contributed by atoms with E-state index in [0.717, 1.165) is 5.56 Å². The summed E-state index contributed by atoms with van der Waals surface area (Å²) in [6, 6.07) is 7.27. The van der Waals surface area contributed by atoms with Gasteiger partial charge in [0.25, 0.3) is 0 Å². The number of carbonyl (C=O) groups is 1. The SMILES string of the molecule is COc1cccc(C(Cl)C(=O)N2CCOCC2)c1. The number of hydrogen-bond acceptors (Lipinski definition) is 3. The molecule has 1 unspecified atom stereocenters. The molecular weight excluding hydrogens is 254 g/mol. The van der Waals surface area contributed by atoms with E-state index in [2.05, 4.69) is 0 Å². The van der Waals surface area contributed by atoms with E-state index >= 15 is 0 Å². The third-order valence-corrected chi connectivity index (χ3v) is 3.36. The van der Waals surface area contributed by atoms with Gasteiger partial charge in [-0.1, -0.05) is 12.1 Å². The summed E-state index contributed by atoms with van der Waals surface area (Å²) in [7, 11) is 1.59. The van der Waals surface area contributed by atoms with Crippen LogP contribution in [0, 0.1) is 0 Å². The van der Waals surface area contributed by atoms with Gasteiger partial charge in [0.15, 0.2) is 0 Å². The fraction of sp³-hybridized carbons (Fsp3) is 0.462. The van der Waals surface area contributed by atoms with Crippen molar-refractivity contribution >= 4 is 17.5 Å². The standard InChI is InChI=1S/C13H16ClNO3/c1-17-11-4-2-3-10(9-11)12(14)13(16)15-5-7-18-8-6-15/h2-4,9,12H,5-8H2,1H3. The average molecular weight is 270 g/mol. The number of amides is 1. The van der Waals surface area contributed by atoms with E-state index in [0.29, 0.717) is 32.1 Å². The second kappa shape index (κ2) is 6.07. The van der Waals surface area contributed by atoms with Gasteiger partial charge in [-0.15, -0.1) is 11.6 Å². The Kier molecular flexibility index (Phi) is 4.44. The summed E-state index contributed by atoms with van der Waals surface area (Å²) >= 11 is 6.23. The number of methoxy groups -OCH3 is 1.